The molecule has 130 valence electrons. The molecule has 0 saturated heterocycles. The van der Waals surface area contributed by atoms with Crippen molar-refractivity contribution in [1.82, 2.24) is 18.9 Å². The van der Waals surface area contributed by atoms with Crippen LogP contribution in [0.4, 0.5) is 5.13 Å². The Labute approximate surface area is 152 Å². The lowest BCUT2D eigenvalue weighted by molar-refractivity contribution is 0.102. The summed E-state index contributed by atoms with van der Waals surface area (Å²) in [5, 5.41) is 3.14. The molecule has 3 aromatic heterocycles. The first-order valence-corrected chi connectivity index (χ1v) is 8.37. The van der Waals surface area contributed by atoms with Crippen LogP contribution in [0, 0.1) is 0 Å². The molecule has 0 spiro atoms. The van der Waals surface area contributed by atoms with E-state index >= 15 is 0 Å². The van der Waals surface area contributed by atoms with Crippen LogP contribution in [0.2, 0.25) is 0 Å². The molecule has 4 rings (SSSR count). The third-order valence-corrected chi connectivity index (χ3v) is 4.23. The monoisotopic (exact) mass is 367 g/mol. The predicted molar refractivity (Wildman–Crippen MR) is 95.7 cm³/mol. The highest BCUT2D eigenvalue weighted by Gasteiger charge is 2.18. The Bertz CT molecular complexity index is 1040. The SMILES string of the molecule is COc1cccc(-c2nsc(NC(=O)c3ccoc3-n3ccnc3)n2)c1. The van der Waals surface area contributed by atoms with E-state index < -0.39 is 0 Å². The number of methoxy groups -OCH3 is 1. The second kappa shape index (κ2) is 6.81. The van der Waals surface area contributed by atoms with Crippen molar-refractivity contribution >= 4 is 22.6 Å². The van der Waals surface area contributed by atoms with Crippen LogP contribution in [-0.2, 0) is 0 Å². The van der Waals surface area contributed by atoms with Gasteiger partial charge in [0.25, 0.3) is 5.91 Å². The number of aromatic nitrogens is 4. The quantitative estimate of drug-likeness (QED) is 0.582. The minimum atomic E-state index is -0.337. The van der Waals surface area contributed by atoms with Gasteiger partial charge in [-0.1, -0.05) is 12.1 Å². The fraction of sp³-hybridized carbons (Fsp3) is 0.0588. The summed E-state index contributed by atoms with van der Waals surface area (Å²) in [6, 6.07) is 9.00. The maximum Gasteiger partial charge on any atom is 0.263 e. The van der Waals surface area contributed by atoms with Gasteiger partial charge in [-0.05, 0) is 18.2 Å². The fourth-order valence-corrected chi connectivity index (χ4v) is 2.96. The summed E-state index contributed by atoms with van der Waals surface area (Å²) in [6.07, 6.45) is 6.31. The average molecular weight is 367 g/mol. The molecule has 0 fully saturated rings. The van der Waals surface area contributed by atoms with Gasteiger partial charge in [0.05, 0.1) is 13.4 Å². The van der Waals surface area contributed by atoms with Crippen LogP contribution in [0.25, 0.3) is 17.3 Å². The predicted octanol–water partition coefficient (Wildman–Crippen LogP) is 3.24. The summed E-state index contributed by atoms with van der Waals surface area (Å²) in [4.78, 5) is 20.9. The first kappa shape index (κ1) is 16.0. The molecule has 0 saturated carbocycles. The van der Waals surface area contributed by atoms with Gasteiger partial charge in [-0.3, -0.25) is 14.7 Å². The van der Waals surface area contributed by atoms with E-state index in [1.54, 1.807) is 36.5 Å². The van der Waals surface area contributed by atoms with Crippen molar-refractivity contribution < 1.29 is 13.9 Å². The number of carbonyl (C=O) groups excluding carboxylic acids is 1. The van der Waals surface area contributed by atoms with Crippen LogP contribution in [-0.4, -0.2) is 31.9 Å². The van der Waals surface area contributed by atoms with E-state index in [1.165, 1.54) is 6.26 Å². The van der Waals surface area contributed by atoms with Crippen LogP contribution in [0.3, 0.4) is 0 Å². The Balaban J connectivity index is 1.55. The molecule has 0 atom stereocenters. The number of rotatable bonds is 5. The van der Waals surface area contributed by atoms with Crippen LogP contribution in [0.15, 0.2) is 59.7 Å². The molecule has 1 amide bonds. The van der Waals surface area contributed by atoms with Gasteiger partial charge in [-0.25, -0.2) is 4.98 Å². The molecule has 0 unspecified atom stereocenters. The Morgan fingerprint density at radius 1 is 1.35 bits per heavy atom. The van der Waals surface area contributed by atoms with Crippen molar-refractivity contribution in [3.63, 3.8) is 0 Å². The van der Waals surface area contributed by atoms with Crippen LogP contribution in [0.1, 0.15) is 10.4 Å². The van der Waals surface area contributed by atoms with Crippen LogP contribution in [0.5, 0.6) is 5.75 Å². The molecule has 0 aliphatic heterocycles. The summed E-state index contributed by atoms with van der Waals surface area (Å²) in [6.45, 7) is 0. The maximum atomic E-state index is 12.6. The molecule has 9 heteroatoms. The number of carbonyl (C=O) groups is 1. The number of amides is 1. The van der Waals surface area contributed by atoms with Gasteiger partial charge in [0.1, 0.15) is 17.6 Å². The van der Waals surface area contributed by atoms with Gasteiger partial charge in [0, 0.05) is 29.5 Å². The molecular formula is C17H13N5O3S. The van der Waals surface area contributed by atoms with Crippen molar-refractivity contribution in [3.05, 3.63) is 60.9 Å². The van der Waals surface area contributed by atoms with Crippen molar-refractivity contribution in [3.8, 4) is 23.0 Å². The van der Waals surface area contributed by atoms with E-state index in [9.17, 15) is 4.79 Å². The van der Waals surface area contributed by atoms with Gasteiger partial charge < -0.3 is 9.15 Å². The van der Waals surface area contributed by atoms with E-state index in [2.05, 4.69) is 19.7 Å². The van der Waals surface area contributed by atoms with E-state index in [0.717, 1.165) is 17.1 Å². The number of nitrogens with zero attached hydrogens (tertiary/aromatic N) is 4. The zero-order valence-corrected chi connectivity index (χ0v) is 14.4. The first-order valence-electron chi connectivity index (χ1n) is 7.60. The summed E-state index contributed by atoms with van der Waals surface area (Å²) in [5.74, 6) is 1.28. The van der Waals surface area contributed by atoms with Gasteiger partial charge in [0.15, 0.2) is 5.82 Å². The maximum absolute atomic E-state index is 12.6. The number of imidazole rings is 1. The molecule has 1 aromatic carbocycles. The van der Waals surface area contributed by atoms with Gasteiger partial charge in [-0.15, -0.1) is 0 Å². The number of ether oxygens (including phenoxy) is 1. The number of furan rings is 1. The van der Waals surface area contributed by atoms with Crippen LogP contribution >= 0.6 is 11.5 Å². The zero-order chi connectivity index (χ0) is 17.9. The lowest BCUT2D eigenvalue weighted by Crippen LogP contribution is -2.13. The third-order valence-electron chi connectivity index (χ3n) is 3.60. The Morgan fingerprint density at radius 2 is 2.27 bits per heavy atom. The number of anilines is 1. The molecule has 0 bridgehead atoms. The van der Waals surface area contributed by atoms with Crippen molar-refractivity contribution in [2.45, 2.75) is 0 Å². The fourth-order valence-electron chi connectivity index (χ4n) is 2.37. The standard InChI is InChI=1S/C17H13N5O3S/c1-24-12-4-2-3-11(9-12)14-19-17(26-21-14)20-15(23)13-5-8-25-16(13)22-7-6-18-10-22/h2-10H,1H3,(H,19,20,21,23). The minimum absolute atomic E-state index is 0.337. The highest BCUT2D eigenvalue weighted by atomic mass is 32.1. The third kappa shape index (κ3) is 3.07. The van der Waals surface area contributed by atoms with Gasteiger partial charge in [-0.2, -0.15) is 9.36 Å². The molecule has 8 nitrogen and oxygen atoms in total. The average Bonchev–Trinajstić information content (AvgIpc) is 3.41. The number of hydrogen-bond acceptors (Lipinski definition) is 7. The van der Waals surface area contributed by atoms with Crippen LogP contribution < -0.4 is 10.1 Å². The largest absolute Gasteiger partial charge is 0.497 e. The zero-order valence-electron chi connectivity index (χ0n) is 13.6. The Hall–Kier alpha value is -3.46. The lowest BCUT2D eigenvalue weighted by atomic mass is 10.2. The van der Waals surface area contributed by atoms with Gasteiger partial charge in [0.2, 0.25) is 11.0 Å². The molecule has 26 heavy (non-hydrogen) atoms. The number of hydrogen-bond donors (Lipinski definition) is 1. The summed E-state index contributed by atoms with van der Waals surface area (Å²) < 4.78 is 16.5. The Morgan fingerprint density at radius 3 is 3.08 bits per heavy atom. The summed E-state index contributed by atoms with van der Waals surface area (Å²) in [5.41, 5.74) is 1.18. The molecular weight excluding hydrogens is 354 g/mol. The van der Waals surface area contributed by atoms with E-state index in [4.69, 9.17) is 9.15 Å². The molecule has 0 aliphatic carbocycles. The summed E-state index contributed by atoms with van der Waals surface area (Å²) >= 11 is 1.10. The Kier molecular flexibility index (Phi) is 4.20. The highest BCUT2D eigenvalue weighted by molar-refractivity contribution is 7.10. The van der Waals surface area contributed by atoms with E-state index in [1.807, 2.05) is 24.3 Å². The molecule has 3 heterocycles. The normalized spacial score (nSPS) is 10.7. The number of nitrogens with one attached hydrogen (secondary N) is 1. The second-order valence-electron chi connectivity index (χ2n) is 5.22. The lowest BCUT2D eigenvalue weighted by Gasteiger charge is -2.02. The summed E-state index contributed by atoms with van der Waals surface area (Å²) in [7, 11) is 1.60. The molecule has 0 radical (unpaired) electrons. The van der Waals surface area contributed by atoms with E-state index in [-0.39, 0.29) is 5.91 Å². The molecule has 4 aromatic rings. The first-order chi connectivity index (χ1) is 12.7. The molecule has 0 aliphatic rings. The number of benzene rings is 1. The second-order valence-corrected chi connectivity index (χ2v) is 5.97. The highest BCUT2D eigenvalue weighted by Crippen LogP contribution is 2.25. The van der Waals surface area contributed by atoms with Crippen molar-refractivity contribution in [2.24, 2.45) is 0 Å². The van der Waals surface area contributed by atoms with Gasteiger partial charge >= 0.3 is 0 Å². The van der Waals surface area contributed by atoms with Crippen molar-refractivity contribution in [1.29, 1.82) is 0 Å². The topological polar surface area (TPSA) is 95.1 Å². The smallest absolute Gasteiger partial charge is 0.263 e. The minimum Gasteiger partial charge on any atom is -0.497 e. The molecule has 1 N–H and O–H groups in total. The van der Waals surface area contributed by atoms with E-state index in [0.29, 0.717) is 28.2 Å². The van der Waals surface area contributed by atoms with Crippen molar-refractivity contribution in [2.75, 3.05) is 12.4 Å².